The fraction of sp³-hybridized carbons (Fsp3) is 0.364. The number of piperidine rings is 2. The first-order chi connectivity index (χ1) is 14.7. The lowest BCUT2D eigenvalue weighted by molar-refractivity contribution is 0.00652. The highest BCUT2D eigenvalue weighted by Crippen LogP contribution is 2.33. The summed E-state index contributed by atoms with van der Waals surface area (Å²) in [6.45, 7) is 0. The van der Waals surface area contributed by atoms with Gasteiger partial charge in [0.1, 0.15) is 11.9 Å². The molecule has 30 heavy (non-hydrogen) atoms. The predicted molar refractivity (Wildman–Crippen MR) is 109 cm³/mol. The number of nitrogens with one attached hydrogen (secondary N) is 1. The first-order valence-corrected chi connectivity index (χ1v) is 10.2. The highest BCUT2D eigenvalue weighted by atomic mass is 19.1. The summed E-state index contributed by atoms with van der Waals surface area (Å²) in [5.41, 5.74) is 2.47. The summed E-state index contributed by atoms with van der Waals surface area (Å²) in [4.78, 5) is 8.27. The van der Waals surface area contributed by atoms with Gasteiger partial charge in [0.05, 0.1) is 17.6 Å². The minimum atomic E-state index is -1.05. The van der Waals surface area contributed by atoms with Gasteiger partial charge >= 0.3 is 0 Å². The quantitative estimate of drug-likeness (QED) is 0.685. The average Bonchev–Trinajstić information content (AvgIpc) is 2.79. The van der Waals surface area contributed by atoms with Gasteiger partial charge in [0.2, 0.25) is 5.88 Å². The van der Waals surface area contributed by atoms with Crippen LogP contribution in [0.25, 0.3) is 22.5 Å². The number of phenols is 1. The summed E-state index contributed by atoms with van der Waals surface area (Å²) in [6.07, 6.45) is 6.84. The summed E-state index contributed by atoms with van der Waals surface area (Å²) in [5, 5.41) is 22.1. The van der Waals surface area contributed by atoms with E-state index in [1.807, 2.05) is 6.07 Å². The standard InChI is InChI=1S/C22H22FN5O2/c23-22-17-3-1-2-14(26-17)11-20(22)30-21-7-6-16(27-28-21)15-5-4-13(10-19(15)29)18-12-24-8-9-25-18/h4-10,12,14,17,20,22,26,29H,1-3,11H2/t14?,17?,20-,22+/m1/s1. The zero-order chi connectivity index (χ0) is 20.5. The van der Waals surface area contributed by atoms with Gasteiger partial charge in [-0.3, -0.25) is 9.97 Å². The van der Waals surface area contributed by atoms with E-state index in [9.17, 15) is 9.50 Å². The largest absolute Gasteiger partial charge is 0.507 e. The molecule has 154 valence electrons. The fourth-order valence-corrected chi connectivity index (χ4v) is 4.31. The van der Waals surface area contributed by atoms with Gasteiger partial charge in [0.15, 0.2) is 6.17 Å². The molecule has 7 nitrogen and oxygen atoms in total. The van der Waals surface area contributed by atoms with Gasteiger partial charge in [-0.1, -0.05) is 12.5 Å². The van der Waals surface area contributed by atoms with Crippen molar-refractivity contribution in [2.75, 3.05) is 0 Å². The number of benzene rings is 1. The van der Waals surface area contributed by atoms with Gasteiger partial charge < -0.3 is 15.2 Å². The van der Waals surface area contributed by atoms with Crippen molar-refractivity contribution in [2.45, 2.75) is 50.0 Å². The second kappa shape index (κ2) is 7.95. The number of ether oxygens (including phenoxy) is 1. The molecule has 4 atom stereocenters. The summed E-state index contributed by atoms with van der Waals surface area (Å²) < 4.78 is 20.5. The van der Waals surface area contributed by atoms with Gasteiger partial charge in [-0.25, -0.2) is 4.39 Å². The Morgan fingerprint density at radius 1 is 1.07 bits per heavy atom. The minimum absolute atomic E-state index is 0.0659. The van der Waals surface area contributed by atoms with Crippen molar-refractivity contribution in [2.24, 2.45) is 0 Å². The topological polar surface area (TPSA) is 93.1 Å². The third-order valence-corrected chi connectivity index (χ3v) is 5.82. The molecule has 8 heteroatoms. The van der Waals surface area contributed by atoms with Gasteiger partial charge in [0, 0.05) is 48.1 Å². The van der Waals surface area contributed by atoms with E-state index in [4.69, 9.17) is 4.74 Å². The van der Waals surface area contributed by atoms with E-state index in [0.29, 0.717) is 35.3 Å². The molecule has 2 aliphatic heterocycles. The summed E-state index contributed by atoms with van der Waals surface area (Å²) >= 11 is 0. The van der Waals surface area contributed by atoms with Crippen molar-refractivity contribution >= 4 is 0 Å². The Labute approximate surface area is 173 Å². The molecule has 2 aliphatic rings. The van der Waals surface area contributed by atoms with Crippen molar-refractivity contribution in [1.29, 1.82) is 0 Å². The second-order valence-electron chi connectivity index (χ2n) is 7.82. The molecule has 3 aromatic rings. The molecule has 0 amide bonds. The van der Waals surface area contributed by atoms with Crippen LogP contribution in [0.3, 0.4) is 0 Å². The molecule has 4 heterocycles. The molecular weight excluding hydrogens is 385 g/mol. The summed E-state index contributed by atoms with van der Waals surface area (Å²) in [5.74, 6) is 0.359. The monoisotopic (exact) mass is 407 g/mol. The van der Waals surface area contributed by atoms with Crippen LogP contribution in [0.2, 0.25) is 0 Å². The zero-order valence-corrected chi connectivity index (χ0v) is 16.3. The molecule has 2 unspecified atom stereocenters. The number of phenolic OH excluding ortho intramolecular Hbond substituents is 1. The number of aromatic nitrogens is 4. The molecule has 5 rings (SSSR count). The molecule has 0 radical (unpaired) electrons. The van der Waals surface area contributed by atoms with Crippen LogP contribution >= 0.6 is 0 Å². The molecule has 2 bridgehead atoms. The van der Waals surface area contributed by atoms with Crippen LogP contribution in [0.5, 0.6) is 11.6 Å². The molecule has 1 aromatic carbocycles. The Hall–Kier alpha value is -3.13. The SMILES string of the molecule is Oc1cc(-c2cnccn2)ccc1-c1ccc(O[C@@H]2CC3CCCC(N3)[C@@H]2F)nn1. The van der Waals surface area contributed by atoms with Crippen molar-refractivity contribution in [1.82, 2.24) is 25.5 Å². The van der Waals surface area contributed by atoms with Crippen molar-refractivity contribution in [3.8, 4) is 34.1 Å². The van der Waals surface area contributed by atoms with E-state index in [1.54, 1.807) is 42.9 Å². The average molecular weight is 407 g/mol. The number of rotatable bonds is 4. The maximum atomic E-state index is 14.7. The van der Waals surface area contributed by atoms with Crippen molar-refractivity contribution in [3.05, 3.63) is 48.9 Å². The number of hydrogen-bond acceptors (Lipinski definition) is 7. The van der Waals surface area contributed by atoms with Crippen LogP contribution in [0.1, 0.15) is 25.7 Å². The molecule has 2 fully saturated rings. The van der Waals surface area contributed by atoms with E-state index in [2.05, 4.69) is 25.5 Å². The predicted octanol–water partition coefficient (Wildman–Crippen LogP) is 3.31. The van der Waals surface area contributed by atoms with Crippen molar-refractivity contribution in [3.63, 3.8) is 0 Å². The second-order valence-corrected chi connectivity index (χ2v) is 7.82. The Balaban J connectivity index is 1.31. The summed E-state index contributed by atoms with van der Waals surface area (Å²) in [6, 6.07) is 8.77. The Morgan fingerprint density at radius 3 is 2.77 bits per heavy atom. The Bertz CT molecular complexity index is 1020. The number of alkyl halides is 1. The van der Waals surface area contributed by atoms with E-state index >= 15 is 0 Å². The van der Waals surface area contributed by atoms with Crippen LogP contribution in [0.4, 0.5) is 4.39 Å². The summed E-state index contributed by atoms with van der Waals surface area (Å²) in [7, 11) is 0. The van der Waals surface area contributed by atoms with Gasteiger partial charge in [-0.05, 0) is 31.0 Å². The van der Waals surface area contributed by atoms with Gasteiger partial charge in [-0.2, -0.15) is 0 Å². The van der Waals surface area contributed by atoms with E-state index in [1.165, 1.54) is 0 Å². The molecule has 0 spiro atoms. The van der Waals surface area contributed by atoms with Crippen LogP contribution in [0, 0.1) is 0 Å². The van der Waals surface area contributed by atoms with Gasteiger partial charge in [-0.15, -0.1) is 10.2 Å². The Kier molecular flexibility index (Phi) is 5.00. The van der Waals surface area contributed by atoms with Crippen molar-refractivity contribution < 1.29 is 14.2 Å². The number of hydrogen-bond donors (Lipinski definition) is 2. The molecule has 0 saturated carbocycles. The lowest BCUT2D eigenvalue weighted by Crippen LogP contribution is -2.59. The van der Waals surface area contributed by atoms with Crippen LogP contribution in [0.15, 0.2) is 48.9 Å². The van der Waals surface area contributed by atoms with Crippen LogP contribution in [-0.4, -0.2) is 49.6 Å². The highest BCUT2D eigenvalue weighted by molar-refractivity contribution is 5.72. The first-order valence-electron chi connectivity index (χ1n) is 10.2. The van der Waals surface area contributed by atoms with Crippen LogP contribution < -0.4 is 10.1 Å². The molecule has 0 aliphatic carbocycles. The number of halogens is 1. The van der Waals surface area contributed by atoms with E-state index in [0.717, 1.165) is 24.8 Å². The normalized spacial score (nSPS) is 25.6. The zero-order valence-electron chi connectivity index (χ0n) is 16.3. The maximum absolute atomic E-state index is 14.7. The van der Waals surface area contributed by atoms with Crippen LogP contribution in [-0.2, 0) is 0 Å². The third kappa shape index (κ3) is 3.70. The van der Waals surface area contributed by atoms with E-state index in [-0.39, 0.29) is 11.8 Å². The molecule has 2 saturated heterocycles. The highest BCUT2D eigenvalue weighted by Gasteiger charge is 2.41. The van der Waals surface area contributed by atoms with E-state index < -0.39 is 12.3 Å². The molecule has 2 aromatic heterocycles. The third-order valence-electron chi connectivity index (χ3n) is 5.82. The smallest absolute Gasteiger partial charge is 0.233 e. The molecular formula is C22H22FN5O2. The van der Waals surface area contributed by atoms with Gasteiger partial charge in [0.25, 0.3) is 0 Å². The fourth-order valence-electron chi connectivity index (χ4n) is 4.31. The maximum Gasteiger partial charge on any atom is 0.233 e. The number of fused-ring (bicyclic) bond motifs is 2. The number of nitrogens with zero attached hydrogens (tertiary/aromatic N) is 4. The first kappa shape index (κ1) is 18.9. The lowest BCUT2D eigenvalue weighted by atomic mass is 9.84. The molecule has 2 N–H and O–H groups in total. The minimum Gasteiger partial charge on any atom is -0.507 e. The lowest BCUT2D eigenvalue weighted by Gasteiger charge is -2.42. The number of aromatic hydroxyl groups is 1. The Morgan fingerprint density at radius 2 is 2.00 bits per heavy atom.